The molecule has 2 aromatic carbocycles. The smallest absolute Gasteiger partial charge is 0.150 e. The standard InChI is InChI=1S/C27H30N4O/c28-13-21(23-15-30-11-3-7-17-5-1-9-19(23)25(17)30)27(32)22(14-29)24-16-31-12-4-8-18-6-2-10-20(24)26(18)31/h1-2,5-6,9-10,15-16,21-22H,3-4,7-8,11-14,28-29H2. The predicted molar refractivity (Wildman–Crippen MR) is 129 cm³/mol. The molecule has 2 atom stereocenters. The van der Waals surface area contributed by atoms with Crippen molar-refractivity contribution in [1.29, 1.82) is 0 Å². The minimum Gasteiger partial charge on any atom is -0.347 e. The van der Waals surface area contributed by atoms with Crippen LogP contribution in [0.2, 0.25) is 0 Å². The molecule has 164 valence electrons. The van der Waals surface area contributed by atoms with Crippen LogP contribution in [0.3, 0.4) is 0 Å². The molecule has 5 nitrogen and oxygen atoms in total. The molecule has 32 heavy (non-hydrogen) atoms. The summed E-state index contributed by atoms with van der Waals surface area (Å²) in [6.07, 6.45) is 8.80. The SMILES string of the molecule is NCC(C(=O)C(CN)c1cn2c3c(cccc13)CCC2)c1cn2c3c(cccc13)CCC2. The Bertz CT molecular complexity index is 1240. The predicted octanol–water partition coefficient (Wildman–Crippen LogP) is 3.84. The molecule has 2 aromatic heterocycles. The number of Topliss-reactive ketones (excluding diaryl/α,β-unsaturated/α-hetero) is 1. The van der Waals surface area contributed by atoms with E-state index in [4.69, 9.17) is 11.5 Å². The Kier molecular flexibility index (Phi) is 4.70. The van der Waals surface area contributed by atoms with Crippen molar-refractivity contribution in [2.45, 2.75) is 50.6 Å². The van der Waals surface area contributed by atoms with Crippen LogP contribution in [0.25, 0.3) is 21.8 Å². The molecule has 0 fully saturated rings. The Hall–Kier alpha value is -2.89. The Balaban J connectivity index is 1.45. The maximum atomic E-state index is 14.0. The molecule has 4 aromatic rings. The molecule has 0 radical (unpaired) electrons. The van der Waals surface area contributed by atoms with Crippen LogP contribution in [0.5, 0.6) is 0 Å². The zero-order valence-electron chi connectivity index (χ0n) is 18.4. The lowest BCUT2D eigenvalue weighted by Crippen LogP contribution is -2.30. The number of nitrogens with zero attached hydrogens (tertiary/aromatic N) is 2. The van der Waals surface area contributed by atoms with Crippen LogP contribution >= 0.6 is 0 Å². The molecular weight excluding hydrogens is 396 g/mol. The van der Waals surface area contributed by atoms with Gasteiger partial charge in [-0.15, -0.1) is 0 Å². The Labute approximate surface area is 188 Å². The molecule has 0 saturated carbocycles. The summed E-state index contributed by atoms with van der Waals surface area (Å²) in [6, 6.07) is 12.9. The van der Waals surface area contributed by atoms with Gasteiger partial charge in [-0.3, -0.25) is 4.79 Å². The summed E-state index contributed by atoms with van der Waals surface area (Å²) >= 11 is 0. The summed E-state index contributed by atoms with van der Waals surface area (Å²) in [5.41, 5.74) is 20.0. The van der Waals surface area contributed by atoms with Gasteiger partial charge in [-0.1, -0.05) is 36.4 Å². The molecule has 0 saturated heterocycles. The number of aromatic nitrogens is 2. The summed E-state index contributed by atoms with van der Waals surface area (Å²) in [5, 5.41) is 2.34. The first-order valence-corrected chi connectivity index (χ1v) is 11.9. The minimum atomic E-state index is -0.354. The summed E-state index contributed by atoms with van der Waals surface area (Å²) in [7, 11) is 0. The van der Waals surface area contributed by atoms with Crippen molar-refractivity contribution in [3.8, 4) is 0 Å². The molecule has 2 aliphatic heterocycles. The van der Waals surface area contributed by atoms with E-state index in [0.717, 1.165) is 49.9 Å². The van der Waals surface area contributed by atoms with Crippen molar-refractivity contribution < 1.29 is 4.79 Å². The molecule has 2 aliphatic rings. The van der Waals surface area contributed by atoms with Crippen LogP contribution < -0.4 is 11.5 Å². The van der Waals surface area contributed by atoms with Crippen LogP contribution in [-0.2, 0) is 30.7 Å². The number of carbonyl (C=O) groups is 1. The lowest BCUT2D eigenvalue weighted by molar-refractivity contribution is -0.121. The minimum absolute atomic E-state index is 0.141. The fraction of sp³-hybridized carbons (Fsp3) is 0.370. The van der Waals surface area contributed by atoms with E-state index in [-0.39, 0.29) is 17.6 Å². The molecule has 5 heteroatoms. The first-order chi connectivity index (χ1) is 15.7. The third kappa shape index (κ3) is 2.81. The second-order valence-electron chi connectivity index (χ2n) is 9.37. The summed E-state index contributed by atoms with van der Waals surface area (Å²) in [5.74, 6) is -0.567. The van der Waals surface area contributed by atoms with Crippen LogP contribution in [0.4, 0.5) is 0 Å². The molecule has 4 N–H and O–H groups in total. The Morgan fingerprint density at radius 2 is 1.25 bits per heavy atom. The van der Waals surface area contributed by atoms with Gasteiger partial charge in [-0.25, -0.2) is 0 Å². The van der Waals surface area contributed by atoms with Gasteiger partial charge in [-0.05, 0) is 47.9 Å². The van der Waals surface area contributed by atoms with E-state index in [2.05, 4.69) is 57.9 Å². The summed E-state index contributed by atoms with van der Waals surface area (Å²) in [6.45, 7) is 2.58. The quantitative estimate of drug-likeness (QED) is 0.492. The fourth-order valence-electron chi connectivity index (χ4n) is 6.16. The highest BCUT2D eigenvalue weighted by atomic mass is 16.1. The van der Waals surface area contributed by atoms with Gasteiger partial charge in [-0.2, -0.15) is 0 Å². The zero-order valence-corrected chi connectivity index (χ0v) is 18.4. The van der Waals surface area contributed by atoms with Gasteiger partial charge in [0.25, 0.3) is 0 Å². The third-order valence-corrected chi connectivity index (χ3v) is 7.62. The topological polar surface area (TPSA) is 79.0 Å². The average molecular weight is 427 g/mol. The number of benzene rings is 2. The number of carbonyl (C=O) groups excluding carboxylic acids is 1. The van der Waals surface area contributed by atoms with Crippen LogP contribution in [0, 0.1) is 0 Å². The first kappa shape index (κ1) is 19.8. The third-order valence-electron chi connectivity index (χ3n) is 7.62. The molecule has 6 rings (SSSR count). The van der Waals surface area contributed by atoms with Gasteiger partial charge < -0.3 is 20.6 Å². The van der Waals surface area contributed by atoms with Gasteiger partial charge in [0.15, 0.2) is 0 Å². The first-order valence-electron chi connectivity index (χ1n) is 11.9. The van der Waals surface area contributed by atoms with Gasteiger partial charge >= 0.3 is 0 Å². The van der Waals surface area contributed by atoms with E-state index in [1.165, 1.54) is 32.9 Å². The Morgan fingerprint density at radius 1 is 0.781 bits per heavy atom. The molecule has 4 heterocycles. The van der Waals surface area contributed by atoms with Gasteiger partial charge in [0.05, 0.1) is 22.9 Å². The monoisotopic (exact) mass is 426 g/mol. The van der Waals surface area contributed by atoms with E-state index < -0.39 is 0 Å². The van der Waals surface area contributed by atoms with E-state index in [0.29, 0.717) is 13.1 Å². The summed E-state index contributed by atoms with van der Waals surface area (Å²) < 4.78 is 4.63. The number of para-hydroxylation sites is 2. The van der Waals surface area contributed by atoms with E-state index in [9.17, 15) is 4.79 Å². The van der Waals surface area contributed by atoms with Crippen LogP contribution in [0.1, 0.15) is 46.9 Å². The number of ketones is 1. The Morgan fingerprint density at radius 3 is 1.69 bits per heavy atom. The van der Waals surface area contributed by atoms with E-state index >= 15 is 0 Å². The molecule has 0 aliphatic carbocycles. The van der Waals surface area contributed by atoms with Gasteiger partial charge in [0.1, 0.15) is 5.78 Å². The highest BCUT2D eigenvalue weighted by molar-refractivity contribution is 6.01. The molecule has 0 amide bonds. The largest absolute Gasteiger partial charge is 0.347 e. The highest BCUT2D eigenvalue weighted by Crippen LogP contribution is 2.38. The average Bonchev–Trinajstić information content (AvgIpc) is 3.38. The van der Waals surface area contributed by atoms with Crippen LogP contribution in [-0.4, -0.2) is 28.0 Å². The molecule has 0 bridgehead atoms. The fourth-order valence-corrected chi connectivity index (χ4v) is 6.16. The molecule has 2 unspecified atom stereocenters. The maximum Gasteiger partial charge on any atom is 0.150 e. The van der Waals surface area contributed by atoms with Gasteiger partial charge in [0, 0.05) is 49.3 Å². The zero-order chi connectivity index (χ0) is 21.8. The number of hydrogen-bond donors (Lipinski definition) is 2. The normalized spacial score (nSPS) is 17.1. The maximum absolute atomic E-state index is 14.0. The van der Waals surface area contributed by atoms with Gasteiger partial charge in [0.2, 0.25) is 0 Å². The van der Waals surface area contributed by atoms with Crippen molar-refractivity contribution in [3.63, 3.8) is 0 Å². The highest BCUT2D eigenvalue weighted by Gasteiger charge is 2.33. The number of hydrogen-bond acceptors (Lipinski definition) is 3. The molecular formula is C27H30N4O. The lowest BCUT2D eigenvalue weighted by Gasteiger charge is -2.20. The molecule has 0 spiro atoms. The second kappa shape index (κ2) is 7.61. The van der Waals surface area contributed by atoms with Crippen molar-refractivity contribution in [3.05, 3.63) is 71.0 Å². The van der Waals surface area contributed by atoms with Crippen molar-refractivity contribution in [2.75, 3.05) is 13.1 Å². The van der Waals surface area contributed by atoms with E-state index in [1.54, 1.807) is 0 Å². The van der Waals surface area contributed by atoms with Crippen LogP contribution in [0.15, 0.2) is 48.8 Å². The van der Waals surface area contributed by atoms with E-state index in [1.807, 2.05) is 0 Å². The number of nitrogens with two attached hydrogens (primary N) is 2. The van der Waals surface area contributed by atoms with Crippen molar-refractivity contribution >= 4 is 27.6 Å². The lowest BCUT2D eigenvalue weighted by atomic mass is 9.83. The van der Waals surface area contributed by atoms with Crippen molar-refractivity contribution in [1.82, 2.24) is 9.13 Å². The number of aryl methyl sites for hydroxylation is 4. The number of rotatable bonds is 6. The second-order valence-corrected chi connectivity index (χ2v) is 9.37. The van der Waals surface area contributed by atoms with Crippen molar-refractivity contribution in [2.24, 2.45) is 11.5 Å². The summed E-state index contributed by atoms with van der Waals surface area (Å²) in [4.78, 5) is 14.0.